The maximum Gasteiger partial charge on any atom is 0.389 e. The number of hydrogen-bond donors (Lipinski definition) is 5. The van der Waals surface area contributed by atoms with E-state index in [1.54, 1.807) is 0 Å². The van der Waals surface area contributed by atoms with Crippen molar-refractivity contribution in [3.8, 4) is 0 Å². The summed E-state index contributed by atoms with van der Waals surface area (Å²) < 4.78 is 163. The summed E-state index contributed by atoms with van der Waals surface area (Å²) in [6.07, 6.45) is -21.1. The third kappa shape index (κ3) is 17.1. The number of nitrogens with one attached hydrogen (secondary N) is 5. The van der Waals surface area contributed by atoms with Crippen LogP contribution in [0.1, 0.15) is 72.6 Å². The number of halogens is 12. The van der Waals surface area contributed by atoms with E-state index in [4.69, 9.17) is 0 Å². The van der Waals surface area contributed by atoms with Gasteiger partial charge in [0.25, 0.3) is 23.6 Å². The van der Waals surface area contributed by atoms with Gasteiger partial charge in [0.1, 0.15) is 12.2 Å². The quantitative estimate of drug-likeness (QED) is 0.0981. The van der Waals surface area contributed by atoms with E-state index in [1.807, 2.05) is 0 Å². The summed E-state index contributed by atoms with van der Waals surface area (Å²) in [6, 6.07) is -8.69. The van der Waals surface area contributed by atoms with Crippen molar-refractivity contribution in [3.63, 3.8) is 0 Å². The van der Waals surface area contributed by atoms with E-state index in [1.165, 1.54) is 26.8 Å². The molecule has 0 aromatic heterocycles. The minimum Gasteiger partial charge on any atom is -0.345 e. The van der Waals surface area contributed by atoms with Gasteiger partial charge >= 0.3 is 18.0 Å². The molecule has 0 aromatic rings. The van der Waals surface area contributed by atoms with Crippen LogP contribution in [0, 0.1) is 0 Å². The van der Waals surface area contributed by atoms with E-state index in [2.05, 4.69) is 0 Å². The molecular weight excluding hydrogens is 774 g/mol. The van der Waals surface area contributed by atoms with Crippen molar-refractivity contribution in [2.75, 3.05) is 6.67 Å². The highest BCUT2D eigenvalue weighted by atomic mass is 19.4. The highest BCUT2D eigenvalue weighted by molar-refractivity contribution is 5.94. The molecule has 0 heterocycles. The summed E-state index contributed by atoms with van der Waals surface area (Å²) >= 11 is 0. The number of rotatable bonds is 19. The Morgan fingerprint density at radius 1 is 0.722 bits per heavy atom. The fourth-order valence-corrected chi connectivity index (χ4v) is 3.81. The first kappa shape index (κ1) is 49.5. The maximum atomic E-state index is 15.3. The van der Waals surface area contributed by atoms with E-state index in [-0.39, 0.29) is 12.0 Å². The summed E-state index contributed by atoms with van der Waals surface area (Å²) in [4.78, 5) is 87.6. The van der Waals surface area contributed by atoms with Gasteiger partial charge in [-0.1, -0.05) is 6.92 Å². The summed E-state index contributed by atoms with van der Waals surface area (Å²) in [5.74, 6) is -23.0. The van der Waals surface area contributed by atoms with Crippen LogP contribution in [0.15, 0.2) is 0 Å². The van der Waals surface area contributed by atoms with E-state index in [0.717, 1.165) is 13.8 Å². The van der Waals surface area contributed by atoms with Gasteiger partial charge < -0.3 is 16.0 Å². The van der Waals surface area contributed by atoms with Gasteiger partial charge in [0.2, 0.25) is 24.1 Å². The van der Waals surface area contributed by atoms with Crippen LogP contribution in [0.5, 0.6) is 0 Å². The van der Waals surface area contributed by atoms with Gasteiger partial charge in [0, 0.05) is 26.2 Å². The molecule has 312 valence electrons. The second-order valence-electron chi connectivity index (χ2n) is 11.6. The first-order valence-electron chi connectivity index (χ1n) is 15.7. The number of hydrazine groups is 3. The Balaban J connectivity index is 6.40. The van der Waals surface area contributed by atoms with Crippen molar-refractivity contribution in [2.45, 2.75) is 128 Å². The van der Waals surface area contributed by atoms with Crippen LogP contribution in [-0.2, 0) is 33.6 Å². The molecule has 0 spiro atoms. The predicted molar refractivity (Wildman–Crippen MR) is 159 cm³/mol. The van der Waals surface area contributed by atoms with Crippen molar-refractivity contribution in [3.05, 3.63) is 0 Å². The van der Waals surface area contributed by atoms with Crippen LogP contribution >= 0.6 is 0 Å². The zero-order valence-electron chi connectivity index (χ0n) is 28.9. The van der Waals surface area contributed by atoms with Gasteiger partial charge in [0.15, 0.2) is 12.2 Å². The van der Waals surface area contributed by atoms with Gasteiger partial charge in [-0.05, 0) is 26.7 Å². The van der Waals surface area contributed by atoms with Gasteiger partial charge in [-0.15, -0.1) is 10.2 Å². The largest absolute Gasteiger partial charge is 0.389 e. The number of carbonyl (C=O) groups excluding carboxylic acids is 7. The van der Waals surface area contributed by atoms with Crippen LogP contribution in [-0.4, -0.2) is 113 Å². The summed E-state index contributed by atoms with van der Waals surface area (Å²) in [6.45, 7) is 0.914. The average Bonchev–Trinajstić information content (AvgIpc) is 3.03. The Kier molecular flexibility index (Phi) is 19.6. The lowest BCUT2D eigenvalue weighted by atomic mass is 10.1. The second-order valence-corrected chi connectivity index (χ2v) is 11.6. The van der Waals surface area contributed by atoms with Gasteiger partial charge in [-0.2, -0.15) is 22.0 Å². The zero-order valence-corrected chi connectivity index (χ0v) is 28.9. The van der Waals surface area contributed by atoms with Crippen molar-refractivity contribution in [1.82, 2.24) is 37.0 Å². The molecule has 0 saturated carbocycles. The van der Waals surface area contributed by atoms with Crippen molar-refractivity contribution in [1.29, 1.82) is 0 Å². The van der Waals surface area contributed by atoms with E-state index < -0.39 is 153 Å². The number of carbonyl (C=O) groups is 7. The molecule has 0 saturated heterocycles. The van der Waals surface area contributed by atoms with Crippen LogP contribution in [0.4, 0.5) is 52.7 Å². The molecule has 0 fully saturated rings. The summed E-state index contributed by atoms with van der Waals surface area (Å²) in [5, 5.41) is 3.12. The molecule has 0 aliphatic heterocycles. The SMILES string of the molecule is CCC(F)C(=O)NN(C(=O)CC(C)F)N(NC(=O)C(F)(F)C(C)NC(=O)C(NC(=O)C(CC(F)F)NC(=O)CCC(F)(F)F)C(C)(F)F)C(=O)CCCF. The summed E-state index contributed by atoms with van der Waals surface area (Å²) in [7, 11) is 0. The molecule has 0 bridgehead atoms. The fourth-order valence-electron chi connectivity index (χ4n) is 3.81. The maximum absolute atomic E-state index is 15.3. The van der Waals surface area contributed by atoms with Gasteiger partial charge in [0.05, 0.1) is 25.6 Å². The zero-order chi connectivity index (χ0) is 42.4. The minimum absolute atomic E-state index is 0.0727. The normalized spacial score (nSPS) is 14.8. The van der Waals surface area contributed by atoms with Crippen LogP contribution in [0.25, 0.3) is 0 Å². The number of amides is 7. The topological polar surface area (TPSA) is 186 Å². The summed E-state index contributed by atoms with van der Waals surface area (Å²) in [5.41, 5.74) is 2.65. The monoisotopic (exact) mass is 813 g/mol. The molecule has 14 nitrogen and oxygen atoms in total. The first-order chi connectivity index (χ1) is 24.6. The van der Waals surface area contributed by atoms with Crippen molar-refractivity contribution in [2.24, 2.45) is 0 Å². The van der Waals surface area contributed by atoms with Crippen LogP contribution < -0.4 is 26.8 Å². The standard InChI is InChI=1S/C28H39F12N7O7/c1-5-15(31)22(51)44-47(20(50)11-13(2)30)46(19(49)7-6-10-29)45-25(54)28(39,40)14(3)41-24(53)21(26(4,34)35)43-23(52)16(12-17(32)33)42-18(48)8-9-27(36,37)38/h13-17,21H,5-12H2,1-4H3,(H,41,53)(H,42,48)(H,43,52)(H,44,51)(H,45,54). The molecule has 26 heteroatoms. The second kappa shape index (κ2) is 21.4. The Hall–Kier alpha value is -4.55. The number of hydrogen-bond acceptors (Lipinski definition) is 7. The Bertz CT molecular complexity index is 1320. The Morgan fingerprint density at radius 2 is 1.28 bits per heavy atom. The average molecular weight is 814 g/mol. The lowest BCUT2D eigenvalue weighted by Gasteiger charge is -2.36. The lowest BCUT2D eigenvalue weighted by Crippen LogP contribution is -2.68. The highest BCUT2D eigenvalue weighted by Crippen LogP contribution is 2.24. The number of alkyl halides is 12. The van der Waals surface area contributed by atoms with Crippen molar-refractivity contribution < 1.29 is 86.2 Å². The third-order valence-corrected chi connectivity index (χ3v) is 6.68. The molecule has 5 atom stereocenters. The van der Waals surface area contributed by atoms with Crippen LogP contribution in [0.3, 0.4) is 0 Å². The third-order valence-electron chi connectivity index (χ3n) is 6.68. The van der Waals surface area contributed by atoms with Crippen molar-refractivity contribution >= 4 is 41.4 Å². The minimum atomic E-state index is -5.03. The molecule has 7 amide bonds. The predicted octanol–water partition coefficient (Wildman–Crippen LogP) is 2.63. The fraction of sp³-hybridized carbons (Fsp3) is 0.750. The molecule has 54 heavy (non-hydrogen) atoms. The van der Waals surface area contributed by atoms with Gasteiger partial charge in [-0.25, -0.2) is 37.2 Å². The molecule has 0 aromatic carbocycles. The first-order valence-corrected chi connectivity index (χ1v) is 15.7. The Labute approximate surface area is 299 Å². The number of nitrogens with zero attached hydrogens (tertiary/aromatic N) is 2. The van der Waals surface area contributed by atoms with Crippen LogP contribution in [0.2, 0.25) is 0 Å². The molecular formula is C28H39F12N7O7. The molecule has 5 unspecified atom stereocenters. The van der Waals surface area contributed by atoms with E-state index >= 15 is 8.78 Å². The Morgan fingerprint density at radius 3 is 1.74 bits per heavy atom. The molecule has 0 radical (unpaired) electrons. The van der Waals surface area contributed by atoms with Gasteiger partial charge in [-0.3, -0.25) is 38.0 Å². The molecule has 5 N–H and O–H groups in total. The molecule has 0 aliphatic rings. The lowest BCUT2D eigenvalue weighted by molar-refractivity contribution is -0.192. The molecule has 0 aliphatic carbocycles. The molecule has 0 rings (SSSR count). The van der Waals surface area contributed by atoms with E-state index in [9.17, 15) is 77.5 Å². The van der Waals surface area contributed by atoms with E-state index in [0.29, 0.717) is 6.92 Å². The highest BCUT2D eigenvalue weighted by Gasteiger charge is 2.50. The smallest absolute Gasteiger partial charge is 0.345 e.